The molecule has 1 aromatic carbocycles. The minimum atomic E-state index is -2.89. The third kappa shape index (κ3) is 4.14. The number of halogens is 3. The van der Waals surface area contributed by atoms with Crippen LogP contribution in [-0.4, -0.2) is 24.4 Å². The number of amides is 1. The molecule has 3 nitrogen and oxygen atoms in total. The van der Waals surface area contributed by atoms with Crippen LogP contribution >= 0.6 is 15.9 Å². The van der Waals surface area contributed by atoms with E-state index in [4.69, 9.17) is 0 Å². The number of ether oxygens (including phenoxy) is 1. The van der Waals surface area contributed by atoms with Crippen LogP contribution in [0.25, 0.3) is 0 Å². The van der Waals surface area contributed by atoms with E-state index in [0.29, 0.717) is 17.4 Å². The fraction of sp³-hybridized carbons (Fsp3) is 0.300. The van der Waals surface area contributed by atoms with Crippen molar-refractivity contribution in [1.82, 2.24) is 5.32 Å². The summed E-state index contributed by atoms with van der Waals surface area (Å²) in [6, 6.07) is 5.66. The van der Waals surface area contributed by atoms with Gasteiger partial charge in [-0.05, 0) is 18.2 Å². The van der Waals surface area contributed by atoms with Gasteiger partial charge in [-0.2, -0.15) is 8.78 Å². The van der Waals surface area contributed by atoms with Gasteiger partial charge in [0, 0.05) is 17.4 Å². The summed E-state index contributed by atoms with van der Waals surface area (Å²) >= 11 is 3.16. The Morgan fingerprint density at radius 1 is 1.50 bits per heavy atom. The Morgan fingerprint density at radius 3 is 2.88 bits per heavy atom. The summed E-state index contributed by atoms with van der Waals surface area (Å²) in [5.41, 5.74) is 0.291. The van der Waals surface area contributed by atoms with Crippen molar-refractivity contribution < 1.29 is 18.3 Å². The SMILES string of the molecule is O=C(NCCBr)c1cccc(OC(F)F)c1. The molecule has 0 aromatic heterocycles. The van der Waals surface area contributed by atoms with E-state index in [2.05, 4.69) is 26.0 Å². The standard InChI is InChI=1S/C10H10BrF2NO2/c11-4-5-14-9(15)7-2-1-3-8(6-7)16-10(12)13/h1-3,6,10H,4-5H2,(H,14,15). The maximum absolute atomic E-state index is 11.9. The number of hydrogen-bond donors (Lipinski definition) is 1. The number of rotatable bonds is 5. The Morgan fingerprint density at radius 2 is 2.25 bits per heavy atom. The number of benzene rings is 1. The Hall–Kier alpha value is -1.17. The van der Waals surface area contributed by atoms with E-state index in [0.717, 1.165) is 0 Å². The van der Waals surface area contributed by atoms with Crippen molar-refractivity contribution >= 4 is 21.8 Å². The van der Waals surface area contributed by atoms with E-state index < -0.39 is 6.61 Å². The predicted octanol–water partition coefficient (Wildman–Crippen LogP) is 2.41. The molecule has 0 aliphatic rings. The van der Waals surface area contributed by atoms with Gasteiger partial charge in [0.15, 0.2) is 0 Å². The molecule has 0 radical (unpaired) electrons. The van der Waals surface area contributed by atoms with Gasteiger partial charge in [-0.25, -0.2) is 0 Å². The zero-order chi connectivity index (χ0) is 12.0. The van der Waals surface area contributed by atoms with Crippen molar-refractivity contribution in [1.29, 1.82) is 0 Å². The molecule has 16 heavy (non-hydrogen) atoms. The molecule has 1 aromatic rings. The highest BCUT2D eigenvalue weighted by molar-refractivity contribution is 9.09. The third-order valence-corrected chi connectivity index (χ3v) is 2.10. The molecule has 88 valence electrons. The highest BCUT2D eigenvalue weighted by Gasteiger charge is 2.08. The normalized spacial score (nSPS) is 10.2. The lowest BCUT2D eigenvalue weighted by molar-refractivity contribution is -0.0498. The number of carbonyl (C=O) groups is 1. The van der Waals surface area contributed by atoms with Gasteiger partial charge >= 0.3 is 6.61 Å². The zero-order valence-electron chi connectivity index (χ0n) is 8.25. The van der Waals surface area contributed by atoms with Crippen molar-refractivity contribution in [3.63, 3.8) is 0 Å². The van der Waals surface area contributed by atoms with Gasteiger partial charge in [0.05, 0.1) is 0 Å². The molecule has 0 saturated carbocycles. The molecular weight excluding hydrogens is 284 g/mol. The van der Waals surface area contributed by atoms with E-state index in [1.165, 1.54) is 24.3 Å². The molecular formula is C10H10BrF2NO2. The van der Waals surface area contributed by atoms with Crippen molar-refractivity contribution in [2.45, 2.75) is 6.61 Å². The van der Waals surface area contributed by atoms with Crippen LogP contribution in [0.5, 0.6) is 5.75 Å². The van der Waals surface area contributed by atoms with Crippen molar-refractivity contribution in [2.24, 2.45) is 0 Å². The first-order valence-electron chi connectivity index (χ1n) is 4.52. The summed E-state index contributed by atoms with van der Waals surface area (Å²) in [6.45, 7) is -2.42. The lowest BCUT2D eigenvalue weighted by atomic mass is 10.2. The number of nitrogens with one attached hydrogen (secondary N) is 1. The average molecular weight is 294 g/mol. The molecule has 0 unspecified atom stereocenters. The fourth-order valence-electron chi connectivity index (χ4n) is 1.08. The predicted molar refractivity (Wildman–Crippen MR) is 59.2 cm³/mol. The molecule has 0 atom stereocenters. The van der Waals surface area contributed by atoms with Crippen molar-refractivity contribution in [2.75, 3.05) is 11.9 Å². The third-order valence-electron chi connectivity index (χ3n) is 1.70. The van der Waals surface area contributed by atoms with Gasteiger partial charge in [0.25, 0.3) is 5.91 Å². The Balaban J connectivity index is 2.69. The fourth-order valence-corrected chi connectivity index (χ4v) is 1.27. The van der Waals surface area contributed by atoms with E-state index in [1.807, 2.05) is 0 Å². The topological polar surface area (TPSA) is 38.3 Å². The number of carbonyl (C=O) groups excluding carboxylic acids is 1. The van der Waals surface area contributed by atoms with Gasteiger partial charge < -0.3 is 10.1 Å². The van der Waals surface area contributed by atoms with Gasteiger partial charge in [0.1, 0.15) is 5.75 Å². The van der Waals surface area contributed by atoms with Gasteiger partial charge in [0.2, 0.25) is 0 Å². The second kappa shape index (κ2) is 6.42. The summed E-state index contributed by atoms with van der Waals surface area (Å²) in [5, 5.41) is 3.23. The second-order valence-electron chi connectivity index (χ2n) is 2.85. The van der Waals surface area contributed by atoms with E-state index in [9.17, 15) is 13.6 Å². The lowest BCUT2D eigenvalue weighted by Gasteiger charge is -2.06. The zero-order valence-corrected chi connectivity index (χ0v) is 9.84. The Kier molecular flexibility index (Phi) is 5.18. The van der Waals surface area contributed by atoms with Crippen LogP contribution in [0.2, 0.25) is 0 Å². The Bertz CT molecular complexity index is 360. The summed E-state index contributed by atoms with van der Waals surface area (Å²) in [6.07, 6.45) is 0. The first-order chi connectivity index (χ1) is 7.63. The van der Waals surface area contributed by atoms with Crippen LogP contribution in [0.15, 0.2) is 24.3 Å². The minimum Gasteiger partial charge on any atom is -0.435 e. The maximum atomic E-state index is 11.9. The van der Waals surface area contributed by atoms with Crippen LogP contribution in [0.4, 0.5) is 8.78 Å². The highest BCUT2D eigenvalue weighted by Crippen LogP contribution is 2.15. The maximum Gasteiger partial charge on any atom is 0.387 e. The molecule has 1 N–H and O–H groups in total. The van der Waals surface area contributed by atoms with Crippen LogP contribution in [0, 0.1) is 0 Å². The number of hydrogen-bond acceptors (Lipinski definition) is 2. The molecule has 0 heterocycles. The summed E-state index contributed by atoms with van der Waals surface area (Å²) in [4.78, 5) is 11.5. The first-order valence-corrected chi connectivity index (χ1v) is 5.64. The van der Waals surface area contributed by atoms with E-state index in [-0.39, 0.29) is 11.7 Å². The molecule has 0 aliphatic heterocycles. The van der Waals surface area contributed by atoms with Crippen molar-refractivity contribution in [3.05, 3.63) is 29.8 Å². The highest BCUT2D eigenvalue weighted by atomic mass is 79.9. The number of alkyl halides is 3. The molecule has 1 rings (SSSR count). The average Bonchev–Trinajstić information content (AvgIpc) is 2.25. The van der Waals surface area contributed by atoms with E-state index >= 15 is 0 Å². The van der Waals surface area contributed by atoms with E-state index in [1.54, 1.807) is 0 Å². The lowest BCUT2D eigenvalue weighted by Crippen LogP contribution is -2.25. The summed E-state index contributed by atoms with van der Waals surface area (Å²) in [7, 11) is 0. The molecule has 0 bridgehead atoms. The molecule has 0 spiro atoms. The van der Waals surface area contributed by atoms with Gasteiger partial charge in [-0.15, -0.1) is 0 Å². The molecule has 0 saturated heterocycles. The van der Waals surface area contributed by atoms with Crippen LogP contribution in [0.3, 0.4) is 0 Å². The van der Waals surface area contributed by atoms with Gasteiger partial charge in [-0.3, -0.25) is 4.79 Å². The first kappa shape index (κ1) is 12.9. The minimum absolute atomic E-state index is 0.0264. The van der Waals surface area contributed by atoms with Crippen molar-refractivity contribution in [3.8, 4) is 5.75 Å². The monoisotopic (exact) mass is 293 g/mol. The summed E-state index contributed by atoms with van der Waals surface area (Å²) in [5.74, 6) is -0.347. The smallest absolute Gasteiger partial charge is 0.387 e. The molecule has 0 fully saturated rings. The largest absolute Gasteiger partial charge is 0.435 e. The molecule has 6 heteroatoms. The molecule has 1 amide bonds. The quantitative estimate of drug-likeness (QED) is 0.847. The van der Waals surface area contributed by atoms with Crippen LogP contribution < -0.4 is 10.1 Å². The van der Waals surface area contributed by atoms with Crippen LogP contribution in [-0.2, 0) is 0 Å². The van der Waals surface area contributed by atoms with Crippen LogP contribution in [0.1, 0.15) is 10.4 Å². The summed E-state index contributed by atoms with van der Waals surface area (Å²) < 4.78 is 28.0. The molecule has 0 aliphatic carbocycles. The second-order valence-corrected chi connectivity index (χ2v) is 3.64. The Labute approximate surface area is 99.9 Å². The van der Waals surface area contributed by atoms with Gasteiger partial charge in [-0.1, -0.05) is 22.0 Å².